The molecule has 0 fully saturated rings. The molecule has 6 heteroatoms. The first-order valence-corrected chi connectivity index (χ1v) is 33.1. The number of ether oxygens (including phenoxy) is 1. The second kappa shape index (κ2) is 62.9. The molecule has 1 amide bonds. The summed E-state index contributed by atoms with van der Waals surface area (Å²) in [5, 5.41) is 23.2. The van der Waals surface area contributed by atoms with E-state index in [-0.39, 0.29) is 18.5 Å². The second-order valence-corrected chi connectivity index (χ2v) is 22.8. The Labute approximate surface area is 456 Å². The van der Waals surface area contributed by atoms with Gasteiger partial charge < -0.3 is 20.3 Å². The van der Waals surface area contributed by atoms with E-state index in [0.717, 1.165) is 44.9 Å². The van der Waals surface area contributed by atoms with Gasteiger partial charge in [0.15, 0.2) is 0 Å². The van der Waals surface area contributed by atoms with Crippen LogP contribution in [-0.4, -0.2) is 47.4 Å². The van der Waals surface area contributed by atoms with Crippen LogP contribution in [-0.2, 0) is 14.3 Å². The second-order valence-electron chi connectivity index (χ2n) is 22.8. The number of nitrogens with one attached hydrogen (secondary N) is 1. The average Bonchev–Trinajstić information content (AvgIpc) is 3.39. The van der Waals surface area contributed by atoms with Crippen LogP contribution < -0.4 is 5.32 Å². The molecule has 0 aliphatic heterocycles. The Hall–Kier alpha value is -1.66. The monoisotopic (exact) mass is 1030 g/mol. The van der Waals surface area contributed by atoms with Crippen molar-refractivity contribution in [2.75, 3.05) is 13.2 Å². The molecule has 0 heterocycles. The molecular weight excluding hydrogens is 899 g/mol. The Kier molecular flexibility index (Phi) is 61.4. The summed E-state index contributed by atoms with van der Waals surface area (Å²) in [5.74, 6) is -0.0606. The van der Waals surface area contributed by atoms with Crippen LogP contribution in [0.25, 0.3) is 0 Å². The number of carbonyl (C=O) groups excluding carboxylic acids is 2. The zero-order valence-electron chi connectivity index (χ0n) is 49.4. The van der Waals surface area contributed by atoms with Gasteiger partial charge in [0.25, 0.3) is 0 Å². The molecule has 2 unspecified atom stereocenters. The van der Waals surface area contributed by atoms with E-state index in [1.54, 1.807) is 6.08 Å². The summed E-state index contributed by atoms with van der Waals surface area (Å²) in [7, 11) is 0. The summed E-state index contributed by atoms with van der Waals surface area (Å²) in [6.07, 6.45) is 78.0. The summed E-state index contributed by atoms with van der Waals surface area (Å²) in [6.45, 7) is 4.93. The van der Waals surface area contributed by atoms with E-state index in [2.05, 4.69) is 31.3 Å². The highest BCUT2D eigenvalue weighted by atomic mass is 16.5. The first-order chi connectivity index (χ1) is 36.0. The minimum atomic E-state index is -0.850. The molecule has 0 aromatic carbocycles. The fraction of sp³-hybridized carbons (Fsp3) is 0.910. The lowest BCUT2D eigenvalue weighted by Crippen LogP contribution is -2.45. The van der Waals surface area contributed by atoms with Crippen molar-refractivity contribution in [3.63, 3.8) is 0 Å². The molecule has 73 heavy (non-hydrogen) atoms. The average molecular weight is 1030 g/mol. The number of amides is 1. The summed E-state index contributed by atoms with van der Waals surface area (Å²) in [6, 6.07) is -0.634. The number of carbonyl (C=O) groups is 2. The maximum Gasteiger partial charge on any atom is 0.305 e. The van der Waals surface area contributed by atoms with Crippen LogP contribution in [0.3, 0.4) is 0 Å². The zero-order valence-corrected chi connectivity index (χ0v) is 49.4. The Morgan fingerprint density at radius 1 is 0.370 bits per heavy atom. The molecule has 6 nitrogen and oxygen atoms in total. The molecule has 0 aliphatic rings. The lowest BCUT2D eigenvalue weighted by molar-refractivity contribution is -0.143. The summed E-state index contributed by atoms with van der Waals surface area (Å²) in [4.78, 5) is 24.5. The highest BCUT2D eigenvalue weighted by Gasteiger charge is 2.18. The number of allylic oxidation sites excluding steroid dienone is 3. The van der Waals surface area contributed by atoms with Crippen molar-refractivity contribution < 1.29 is 24.5 Å². The topological polar surface area (TPSA) is 95.9 Å². The third-order valence-corrected chi connectivity index (χ3v) is 15.5. The molecular formula is C67H129NO5. The molecule has 2 atom stereocenters. The van der Waals surface area contributed by atoms with Gasteiger partial charge in [0.2, 0.25) is 5.91 Å². The minimum absolute atomic E-state index is 0.0107. The van der Waals surface area contributed by atoms with E-state index >= 15 is 0 Å². The summed E-state index contributed by atoms with van der Waals surface area (Å²) in [5.41, 5.74) is 0. The third kappa shape index (κ3) is 59.4. The molecule has 0 rings (SSSR count). The van der Waals surface area contributed by atoms with Crippen LogP contribution in [0.2, 0.25) is 0 Å². The number of esters is 1. The van der Waals surface area contributed by atoms with E-state index in [0.29, 0.717) is 19.4 Å². The van der Waals surface area contributed by atoms with Gasteiger partial charge in [-0.15, -0.1) is 0 Å². The molecule has 0 aromatic rings. The number of hydrogen-bond acceptors (Lipinski definition) is 5. The van der Waals surface area contributed by atoms with E-state index in [9.17, 15) is 19.8 Å². The van der Waals surface area contributed by atoms with Gasteiger partial charge >= 0.3 is 5.97 Å². The van der Waals surface area contributed by atoms with Gasteiger partial charge in [-0.25, -0.2) is 0 Å². The van der Waals surface area contributed by atoms with Gasteiger partial charge in [-0.3, -0.25) is 9.59 Å². The predicted molar refractivity (Wildman–Crippen MR) is 320 cm³/mol. The van der Waals surface area contributed by atoms with Gasteiger partial charge in [0.05, 0.1) is 25.4 Å². The smallest absolute Gasteiger partial charge is 0.305 e. The predicted octanol–water partition coefficient (Wildman–Crippen LogP) is 21.0. The Bertz CT molecular complexity index is 1140. The lowest BCUT2D eigenvalue weighted by atomic mass is 10.0. The molecule has 0 saturated heterocycles. The zero-order chi connectivity index (χ0) is 52.9. The number of hydrogen-bond donors (Lipinski definition) is 3. The highest BCUT2D eigenvalue weighted by molar-refractivity contribution is 5.76. The van der Waals surface area contributed by atoms with E-state index in [1.165, 1.54) is 295 Å². The van der Waals surface area contributed by atoms with Crippen molar-refractivity contribution in [1.29, 1.82) is 0 Å². The van der Waals surface area contributed by atoms with Gasteiger partial charge in [-0.05, 0) is 57.8 Å². The van der Waals surface area contributed by atoms with Gasteiger partial charge in [0, 0.05) is 12.8 Å². The van der Waals surface area contributed by atoms with Crippen molar-refractivity contribution in [2.45, 2.75) is 379 Å². The van der Waals surface area contributed by atoms with Crippen LogP contribution in [0, 0.1) is 0 Å². The molecule has 3 N–H and O–H groups in total. The number of aliphatic hydroxyl groups excluding tert-OH is 2. The lowest BCUT2D eigenvalue weighted by Gasteiger charge is -2.20. The maximum absolute atomic E-state index is 12.5. The third-order valence-electron chi connectivity index (χ3n) is 15.5. The molecule has 0 spiro atoms. The molecule has 0 saturated carbocycles. The Balaban J connectivity index is 3.45. The van der Waals surface area contributed by atoms with Crippen molar-refractivity contribution in [2.24, 2.45) is 0 Å². The van der Waals surface area contributed by atoms with E-state index in [4.69, 9.17) is 4.74 Å². The summed E-state index contributed by atoms with van der Waals surface area (Å²) >= 11 is 0. The van der Waals surface area contributed by atoms with Crippen molar-refractivity contribution in [3.05, 3.63) is 24.3 Å². The highest BCUT2D eigenvalue weighted by Crippen LogP contribution is 2.18. The van der Waals surface area contributed by atoms with Crippen LogP contribution >= 0.6 is 0 Å². The SMILES string of the molecule is CCCCCCCCCCCCCCCCCCCCCC/C=C/C(O)C(CO)NC(=O)CCCCCCCCC/C=C\CCCCCCCCCCCCCOC(=O)CCCCCCCCCCCCCC. The Morgan fingerprint density at radius 2 is 0.644 bits per heavy atom. The number of rotatable bonds is 62. The quantitative estimate of drug-likeness (QED) is 0.0320. The molecule has 0 bridgehead atoms. The Morgan fingerprint density at radius 3 is 0.973 bits per heavy atom. The van der Waals surface area contributed by atoms with Crippen LogP contribution in [0.1, 0.15) is 367 Å². The number of unbranched alkanes of at least 4 members (excludes halogenated alkanes) is 49. The molecule has 0 aliphatic carbocycles. The van der Waals surface area contributed by atoms with Crippen molar-refractivity contribution in [3.8, 4) is 0 Å². The van der Waals surface area contributed by atoms with Gasteiger partial charge in [-0.2, -0.15) is 0 Å². The maximum atomic E-state index is 12.5. The van der Waals surface area contributed by atoms with Gasteiger partial charge in [-0.1, -0.05) is 321 Å². The minimum Gasteiger partial charge on any atom is -0.466 e. The molecule has 0 aromatic heterocycles. The first-order valence-electron chi connectivity index (χ1n) is 33.1. The largest absolute Gasteiger partial charge is 0.466 e. The fourth-order valence-corrected chi connectivity index (χ4v) is 10.4. The van der Waals surface area contributed by atoms with Gasteiger partial charge in [0.1, 0.15) is 0 Å². The fourth-order valence-electron chi connectivity index (χ4n) is 10.4. The normalized spacial score (nSPS) is 12.7. The standard InChI is InChI=1S/C67H129NO5/c1-3-5-7-9-11-13-15-17-18-19-20-21-24-27-30-33-36-39-43-47-51-55-59-65(70)64(63-69)68-66(71)60-56-52-48-44-40-37-34-31-28-25-22-23-26-29-32-35-38-42-46-50-54-58-62-73-67(72)61-57-53-49-45-41-16-14-12-10-8-6-4-2/h25,28,55,59,64-65,69-70H,3-24,26-27,29-54,56-58,60-63H2,1-2H3,(H,68,71)/b28-25-,59-55+. The number of aliphatic hydroxyl groups is 2. The van der Waals surface area contributed by atoms with Crippen molar-refractivity contribution in [1.82, 2.24) is 5.32 Å². The first kappa shape index (κ1) is 71.3. The van der Waals surface area contributed by atoms with Crippen LogP contribution in [0.4, 0.5) is 0 Å². The van der Waals surface area contributed by atoms with E-state index in [1.807, 2.05) is 6.08 Å². The van der Waals surface area contributed by atoms with E-state index < -0.39 is 12.1 Å². The van der Waals surface area contributed by atoms with Crippen LogP contribution in [0.15, 0.2) is 24.3 Å². The van der Waals surface area contributed by atoms with Crippen molar-refractivity contribution >= 4 is 11.9 Å². The summed E-state index contributed by atoms with van der Waals surface area (Å²) < 4.78 is 5.47. The molecule has 432 valence electrons. The molecule has 0 radical (unpaired) electrons. The van der Waals surface area contributed by atoms with Crippen LogP contribution in [0.5, 0.6) is 0 Å².